The van der Waals surface area contributed by atoms with Gasteiger partial charge in [-0.2, -0.15) is 0 Å². The summed E-state index contributed by atoms with van der Waals surface area (Å²) in [6.45, 7) is 0.697. The molecule has 4 nitrogen and oxygen atoms in total. The summed E-state index contributed by atoms with van der Waals surface area (Å²) in [6.07, 6.45) is 1.92. The molecule has 0 aliphatic carbocycles. The van der Waals surface area contributed by atoms with Crippen LogP contribution in [0.4, 0.5) is 5.69 Å². The van der Waals surface area contributed by atoms with Gasteiger partial charge in [-0.15, -0.1) is 0 Å². The standard InChI is InChI=1S/C19H19ClN2O2/c1-22(12-13-5-4-6-18(23-2)19(13)24-3)17-9-10-21-16-11-14(20)7-8-15(16)17/h4-11H,12H2,1-3H3/p+1. The van der Waals surface area contributed by atoms with Gasteiger partial charge in [-0.1, -0.05) is 23.7 Å². The lowest BCUT2D eigenvalue weighted by Crippen LogP contribution is -2.19. The third-order valence-corrected chi connectivity index (χ3v) is 4.28. The molecule has 1 heterocycles. The van der Waals surface area contributed by atoms with Gasteiger partial charge in [0.15, 0.2) is 17.7 Å². The van der Waals surface area contributed by atoms with E-state index in [2.05, 4.69) is 23.0 Å². The number of nitrogens with one attached hydrogen (secondary N) is 1. The molecule has 0 aliphatic rings. The first-order valence-corrected chi connectivity index (χ1v) is 8.03. The molecule has 0 bridgehead atoms. The van der Waals surface area contributed by atoms with E-state index in [-0.39, 0.29) is 0 Å². The Balaban J connectivity index is 1.98. The first-order chi connectivity index (χ1) is 11.6. The minimum absolute atomic E-state index is 0.697. The van der Waals surface area contributed by atoms with E-state index in [1.165, 1.54) is 0 Å². The van der Waals surface area contributed by atoms with E-state index in [9.17, 15) is 0 Å². The van der Waals surface area contributed by atoms with Crippen LogP contribution in [-0.4, -0.2) is 21.3 Å². The van der Waals surface area contributed by atoms with Gasteiger partial charge in [0.2, 0.25) is 5.52 Å². The summed E-state index contributed by atoms with van der Waals surface area (Å²) in [5.74, 6) is 1.50. The van der Waals surface area contributed by atoms with E-state index in [0.717, 1.165) is 33.7 Å². The van der Waals surface area contributed by atoms with Crippen LogP contribution in [0.25, 0.3) is 10.9 Å². The molecule has 0 fully saturated rings. The van der Waals surface area contributed by atoms with Crippen molar-refractivity contribution < 1.29 is 14.5 Å². The van der Waals surface area contributed by atoms with Crippen molar-refractivity contribution in [2.45, 2.75) is 6.54 Å². The maximum atomic E-state index is 6.09. The molecule has 0 unspecified atom stereocenters. The largest absolute Gasteiger partial charge is 0.493 e. The van der Waals surface area contributed by atoms with Gasteiger partial charge in [0.1, 0.15) is 0 Å². The van der Waals surface area contributed by atoms with Crippen molar-refractivity contribution in [1.29, 1.82) is 0 Å². The molecule has 0 aliphatic heterocycles. The summed E-state index contributed by atoms with van der Waals surface area (Å²) >= 11 is 6.09. The number of pyridine rings is 1. The average molecular weight is 344 g/mol. The van der Waals surface area contributed by atoms with E-state index < -0.39 is 0 Å². The number of anilines is 1. The lowest BCUT2D eigenvalue weighted by molar-refractivity contribution is -0.344. The number of hydrogen-bond acceptors (Lipinski definition) is 3. The molecule has 124 valence electrons. The van der Waals surface area contributed by atoms with Crippen LogP contribution >= 0.6 is 11.6 Å². The second kappa shape index (κ2) is 6.97. The number of para-hydroxylation sites is 1. The Morgan fingerprint density at radius 1 is 1.08 bits per heavy atom. The van der Waals surface area contributed by atoms with Crippen molar-refractivity contribution >= 4 is 28.2 Å². The van der Waals surface area contributed by atoms with Crippen LogP contribution in [0.2, 0.25) is 5.02 Å². The maximum absolute atomic E-state index is 6.09. The SMILES string of the molecule is COc1cccc(CN(C)c2cc[nH+]c3cc(Cl)ccc23)c1OC. The summed E-state index contributed by atoms with van der Waals surface area (Å²) in [5, 5.41) is 1.83. The minimum atomic E-state index is 0.697. The molecule has 1 N–H and O–H groups in total. The fraction of sp³-hybridized carbons (Fsp3) is 0.211. The van der Waals surface area contributed by atoms with Crippen LogP contribution in [0.3, 0.4) is 0 Å². The number of fused-ring (bicyclic) bond motifs is 1. The van der Waals surface area contributed by atoms with Crippen molar-refractivity contribution in [1.82, 2.24) is 0 Å². The molecular weight excluding hydrogens is 324 g/mol. The fourth-order valence-electron chi connectivity index (χ4n) is 2.91. The number of H-pyrrole nitrogens is 1. The van der Waals surface area contributed by atoms with Crippen molar-refractivity contribution in [3.8, 4) is 11.5 Å². The zero-order valence-corrected chi connectivity index (χ0v) is 14.7. The third-order valence-electron chi connectivity index (χ3n) is 4.04. The molecule has 1 aromatic heterocycles. The summed E-state index contributed by atoms with van der Waals surface area (Å²) in [7, 11) is 5.37. The van der Waals surface area contributed by atoms with Crippen molar-refractivity contribution in [2.75, 3.05) is 26.2 Å². The number of aromatic nitrogens is 1. The van der Waals surface area contributed by atoms with E-state index in [0.29, 0.717) is 11.6 Å². The number of benzene rings is 2. The predicted octanol–water partition coefficient (Wildman–Crippen LogP) is 3.96. The highest BCUT2D eigenvalue weighted by molar-refractivity contribution is 6.31. The number of nitrogens with zero attached hydrogens (tertiary/aromatic N) is 1. The highest BCUT2D eigenvalue weighted by atomic mass is 35.5. The Morgan fingerprint density at radius 3 is 2.67 bits per heavy atom. The Labute approximate surface area is 146 Å². The second-order valence-electron chi connectivity index (χ2n) is 5.56. The predicted molar refractivity (Wildman–Crippen MR) is 97.2 cm³/mol. The molecule has 24 heavy (non-hydrogen) atoms. The lowest BCUT2D eigenvalue weighted by atomic mass is 10.1. The molecule has 0 saturated carbocycles. The van der Waals surface area contributed by atoms with Gasteiger partial charge in [0.05, 0.1) is 25.3 Å². The smallest absolute Gasteiger partial charge is 0.214 e. The number of halogens is 1. The number of methoxy groups -OCH3 is 2. The zero-order chi connectivity index (χ0) is 17.1. The van der Waals surface area contributed by atoms with Crippen molar-refractivity contribution in [3.05, 3.63) is 59.2 Å². The molecular formula is C19H20ClN2O2+. The van der Waals surface area contributed by atoms with Crippen LogP contribution in [0, 0.1) is 0 Å². The van der Waals surface area contributed by atoms with Crippen LogP contribution in [0.5, 0.6) is 11.5 Å². The van der Waals surface area contributed by atoms with Crippen molar-refractivity contribution in [3.63, 3.8) is 0 Å². The Morgan fingerprint density at radius 2 is 1.92 bits per heavy atom. The lowest BCUT2D eigenvalue weighted by Gasteiger charge is -2.22. The van der Waals surface area contributed by atoms with E-state index in [1.807, 2.05) is 42.6 Å². The Hall–Kier alpha value is -2.46. The van der Waals surface area contributed by atoms with Gasteiger partial charge < -0.3 is 14.4 Å². The highest BCUT2D eigenvalue weighted by Crippen LogP contribution is 2.33. The number of ether oxygens (including phenoxy) is 2. The van der Waals surface area contributed by atoms with Crippen LogP contribution in [0.15, 0.2) is 48.7 Å². The molecule has 0 spiro atoms. The van der Waals surface area contributed by atoms with Gasteiger partial charge in [-0.3, -0.25) is 0 Å². The van der Waals surface area contributed by atoms with Crippen LogP contribution < -0.4 is 19.4 Å². The second-order valence-corrected chi connectivity index (χ2v) is 6.00. The summed E-state index contributed by atoms with van der Waals surface area (Å²) in [5.41, 5.74) is 3.18. The van der Waals surface area contributed by atoms with Gasteiger partial charge in [-0.05, 0) is 18.2 Å². The maximum Gasteiger partial charge on any atom is 0.214 e. The van der Waals surface area contributed by atoms with Crippen LogP contribution in [0.1, 0.15) is 5.56 Å². The summed E-state index contributed by atoms with van der Waals surface area (Å²) in [4.78, 5) is 5.42. The third kappa shape index (κ3) is 3.10. The first kappa shape index (κ1) is 16.4. The monoisotopic (exact) mass is 343 g/mol. The minimum Gasteiger partial charge on any atom is -0.493 e. The van der Waals surface area contributed by atoms with Gasteiger partial charge in [0.25, 0.3) is 0 Å². The molecule has 3 aromatic rings. The topological polar surface area (TPSA) is 35.8 Å². The van der Waals surface area contributed by atoms with Gasteiger partial charge in [0, 0.05) is 36.3 Å². The summed E-state index contributed by atoms with van der Waals surface area (Å²) in [6, 6.07) is 13.8. The Bertz CT molecular complexity index is 867. The molecule has 3 rings (SSSR count). The van der Waals surface area contributed by atoms with Gasteiger partial charge in [-0.25, -0.2) is 4.98 Å². The molecule has 2 aromatic carbocycles. The van der Waals surface area contributed by atoms with Crippen molar-refractivity contribution in [2.24, 2.45) is 0 Å². The quantitative estimate of drug-likeness (QED) is 0.703. The average Bonchev–Trinajstić information content (AvgIpc) is 2.60. The molecule has 0 radical (unpaired) electrons. The molecule has 0 atom stereocenters. The van der Waals surface area contributed by atoms with E-state index in [4.69, 9.17) is 21.1 Å². The normalized spacial score (nSPS) is 10.7. The fourth-order valence-corrected chi connectivity index (χ4v) is 3.08. The Kier molecular flexibility index (Phi) is 4.76. The number of hydrogen-bond donors (Lipinski definition) is 0. The van der Waals surface area contributed by atoms with E-state index >= 15 is 0 Å². The first-order valence-electron chi connectivity index (χ1n) is 7.65. The van der Waals surface area contributed by atoms with Crippen LogP contribution in [-0.2, 0) is 6.54 Å². The number of aromatic amines is 1. The van der Waals surface area contributed by atoms with Gasteiger partial charge >= 0.3 is 0 Å². The number of rotatable bonds is 5. The zero-order valence-electron chi connectivity index (χ0n) is 14.0. The molecule has 0 saturated heterocycles. The molecule has 0 amide bonds. The summed E-state index contributed by atoms with van der Waals surface area (Å²) < 4.78 is 10.9. The molecule has 5 heteroatoms. The highest BCUT2D eigenvalue weighted by Gasteiger charge is 2.15. The van der Waals surface area contributed by atoms with E-state index in [1.54, 1.807) is 14.2 Å².